The van der Waals surface area contributed by atoms with Gasteiger partial charge in [-0.2, -0.15) is 0 Å². The van der Waals surface area contributed by atoms with E-state index < -0.39 is 0 Å². The van der Waals surface area contributed by atoms with Crippen molar-refractivity contribution in [2.75, 3.05) is 6.54 Å². The number of halogens is 2. The summed E-state index contributed by atoms with van der Waals surface area (Å²) in [6, 6.07) is 12.2. The van der Waals surface area contributed by atoms with Crippen molar-refractivity contribution in [1.82, 2.24) is 10.2 Å². The van der Waals surface area contributed by atoms with Gasteiger partial charge in [0.25, 0.3) is 5.91 Å². The first-order chi connectivity index (χ1) is 12.4. The van der Waals surface area contributed by atoms with Crippen molar-refractivity contribution in [3.05, 3.63) is 75.8 Å². The maximum Gasteiger partial charge on any atom is 0.258 e. The molecule has 0 bridgehead atoms. The molecule has 0 radical (unpaired) electrons. The first-order valence-electron chi connectivity index (χ1n) is 8.23. The largest absolute Gasteiger partial charge is 0.349 e. The quantitative estimate of drug-likeness (QED) is 0.807. The fourth-order valence-electron chi connectivity index (χ4n) is 3.03. The fourth-order valence-corrected chi connectivity index (χ4v) is 3.60. The molecular weight excluding hydrogens is 371 g/mol. The highest BCUT2D eigenvalue weighted by atomic mass is 35.5. The summed E-state index contributed by atoms with van der Waals surface area (Å²) in [6.45, 7) is 6.10. The summed E-state index contributed by atoms with van der Waals surface area (Å²) in [5.74, 6) is -0.285. The molecule has 4 nitrogen and oxygen atoms in total. The van der Waals surface area contributed by atoms with Gasteiger partial charge in [-0.25, -0.2) is 0 Å². The molecule has 1 atom stereocenters. The highest BCUT2D eigenvalue weighted by Crippen LogP contribution is 2.31. The lowest BCUT2D eigenvalue weighted by Crippen LogP contribution is -2.32. The van der Waals surface area contributed by atoms with E-state index in [2.05, 4.69) is 11.9 Å². The third-order valence-electron chi connectivity index (χ3n) is 4.41. The van der Waals surface area contributed by atoms with Gasteiger partial charge in [0.15, 0.2) is 0 Å². The Bertz CT molecular complexity index is 860. The molecule has 2 aromatic carbocycles. The minimum absolute atomic E-state index is 0.118. The highest BCUT2D eigenvalue weighted by Gasteiger charge is 2.30. The van der Waals surface area contributed by atoms with Crippen LogP contribution in [-0.4, -0.2) is 23.3 Å². The summed E-state index contributed by atoms with van der Waals surface area (Å²) in [5, 5.41) is 3.95. The van der Waals surface area contributed by atoms with Gasteiger partial charge >= 0.3 is 0 Å². The molecule has 0 aromatic heterocycles. The number of carbonyl (C=O) groups is 2. The van der Waals surface area contributed by atoms with Crippen LogP contribution in [0, 0.1) is 0 Å². The summed E-state index contributed by atoms with van der Waals surface area (Å²) in [4.78, 5) is 26.3. The van der Waals surface area contributed by atoms with Crippen LogP contribution in [0.5, 0.6) is 0 Å². The van der Waals surface area contributed by atoms with Crippen molar-refractivity contribution in [1.29, 1.82) is 0 Å². The van der Waals surface area contributed by atoms with E-state index in [1.165, 1.54) is 0 Å². The molecule has 0 aliphatic carbocycles. The van der Waals surface area contributed by atoms with Crippen molar-refractivity contribution in [2.45, 2.75) is 19.4 Å². The number of rotatable bonds is 5. The Morgan fingerprint density at radius 1 is 1.19 bits per heavy atom. The summed E-state index contributed by atoms with van der Waals surface area (Å²) in [7, 11) is 0. The molecule has 134 valence electrons. The van der Waals surface area contributed by atoms with E-state index in [1.54, 1.807) is 29.2 Å². The van der Waals surface area contributed by atoms with Gasteiger partial charge in [-0.1, -0.05) is 54.0 Å². The molecule has 1 unspecified atom stereocenters. The highest BCUT2D eigenvalue weighted by molar-refractivity contribution is 6.35. The maximum atomic E-state index is 12.4. The van der Waals surface area contributed by atoms with Gasteiger partial charge in [0.2, 0.25) is 5.91 Å². The Balaban J connectivity index is 1.60. The van der Waals surface area contributed by atoms with Gasteiger partial charge in [0.1, 0.15) is 0 Å². The van der Waals surface area contributed by atoms with Crippen molar-refractivity contribution >= 4 is 40.7 Å². The Hall–Kier alpha value is -2.30. The van der Waals surface area contributed by atoms with Crippen LogP contribution in [-0.2, 0) is 4.79 Å². The predicted octanol–water partition coefficient (Wildman–Crippen LogP) is 4.69. The number of hydrogen-bond acceptors (Lipinski definition) is 2. The van der Waals surface area contributed by atoms with E-state index in [0.717, 1.165) is 11.1 Å². The lowest BCUT2D eigenvalue weighted by molar-refractivity contribution is -0.121. The summed E-state index contributed by atoms with van der Waals surface area (Å²) < 4.78 is 0. The molecule has 0 fully saturated rings. The van der Waals surface area contributed by atoms with Crippen LogP contribution in [0.2, 0.25) is 10.0 Å². The molecular formula is C20H18Cl2N2O2. The second-order valence-corrected chi connectivity index (χ2v) is 7.00. The third kappa shape index (κ3) is 3.62. The van der Waals surface area contributed by atoms with Gasteiger partial charge in [0, 0.05) is 39.8 Å². The number of fused-ring (bicyclic) bond motifs is 1. The molecule has 0 spiro atoms. The summed E-state index contributed by atoms with van der Waals surface area (Å²) >= 11 is 12.1. The Kier molecular flexibility index (Phi) is 5.35. The van der Waals surface area contributed by atoms with Crippen molar-refractivity contribution < 1.29 is 9.59 Å². The molecule has 0 saturated carbocycles. The summed E-state index contributed by atoms with van der Waals surface area (Å²) in [6.07, 6.45) is 0.175. The van der Waals surface area contributed by atoms with Crippen molar-refractivity contribution in [3.63, 3.8) is 0 Å². The average Bonchev–Trinajstić information content (AvgIpc) is 2.84. The van der Waals surface area contributed by atoms with E-state index in [1.807, 2.05) is 25.1 Å². The zero-order valence-corrected chi connectivity index (χ0v) is 15.8. The average molecular weight is 389 g/mol. The first kappa shape index (κ1) is 18.5. The van der Waals surface area contributed by atoms with Crippen LogP contribution in [0.1, 0.15) is 40.9 Å². The molecule has 6 heteroatoms. The van der Waals surface area contributed by atoms with Crippen molar-refractivity contribution in [3.8, 4) is 0 Å². The topological polar surface area (TPSA) is 49.4 Å². The van der Waals surface area contributed by atoms with Gasteiger partial charge in [-0.05, 0) is 30.7 Å². The van der Waals surface area contributed by atoms with Gasteiger partial charge in [0.05, 0.1) is 6.04 Å². The van der Waals surface area contributed by atoms with Crippen LogP contribution in [0.25, 0.3) is 5.70 Å². The number of nitrogens with zero attached hydrogens (tertiary/aromatic N) is 1. The molecule has 2 aromatic rings. The minimum Gasteiger partial charge on any atom is -0.349 e. The summed E-state index contributed by atoms with van der Waals surface area (Å²) in [5.41, 5.74) is 2.86. The fraction of sp³-hybridized carbons (Fsp3) is 0.200. The normalized spacial score (nSPS) is 14.3. The standard InChI is InChI=1S/C20H18Cl2N2O2/c1-12(15-8-7-14(21)11-18(15)22)23-19(25)9-10-24-13(2)16-5-3-4-6-17(16)20(24)26/h3-8,11-12H,2,9-10H2,1H3,(H,23,25). The molecule has 1 heterocycles. The first-order valence-corrected chi connectivity index (χ1v) is 8.98. The van der Waals surface area contributed by atoms with Crippen LogP contribution in [0.4, 0.5) is 0 Å². The van der Waals surface area contributed by atoms with Crippen LogP contribution >= 0.6 is 23.2 Å². The number of amides is 2. The number of hydrogen-bond donors (Lipinski definition) is 1. The molecule has 26 heavy (non-hydrogen) atoms. The number of nitrogens with one attached hydrogen (secondary N) is 1. The van der Waals surface area contributed by atoms with E-state index >= 15 is 0 Å². The Labute approximate surface area is 162 Å². The SMILES string of the molecule is C=C1c2ccccc2C(=O)N1CCC(=O)NC(C)c1ccc(Cl)cc1Cl. The number of benzene rings is 2. The lowest BCUT2D eigenvalue weighted by atomic mass is 10.1. The molecule has 1 aliphatic heterocycles. The van der Waals surface area contributed by atoms with Gasteiger partial charge in [-0.15, -0.1) is 0 Å². The molecule has 1 N–H and O–H groups in total. The molecule has 1 aliphatic rings. The molecule has 2 amide bonds. The lowest BCUT2D eigenvalue weighted by Gasteiger charge is -2.19. The zero-order valence-electron chi connectivity index (χ0n) is 14.3. The molecule has 3 rings (SSSR count). The number of carbonyl (C=O) groups excluding carboxylic acids is 2. The minimum atomic E-state index is -0.262. The van der Waals surface area contributed by atoms with Crippen LogP contribution < -0.4 is 5.32 Å². The predicted molar refractivity (Wildman–Crippen MR) is 104 cm³/mol. The second-order valence-electron chi connectivity index (χ2n) is 6.15. The van der Waals surface area contributed by atoms with Gasteiger partial charge in [-0.3, -0.25) is 9.59 Å². The molecule has 0 saturated heterocycles. The van der Waals surface area contributed by atoms with E-state index in [0.29, 0.717) is 21.3 Å². The van der Waals surface area contributed by atoms with Crippen LogP contribution in [0.3, 0.4) is 0 Å². The van der Waals surface area contributed by atoms with Gasteiger partial charge < -0.3 is 10.2 Å². The Morgan fingerprint density at radius 2 is 1.88 bits per heavy atom. The monoisotopic (exact) mass is 388 g/mol. The van der Waals surface area contributed by atoms with E-state index in [4.69, 9.17) is 23.2 Å². The van der Waals surface area contributed by atoms with Crippen molar-refractivity contribution in [2.24, 2.45) is 0 Å². The third-order valence-corrected chi connectivity index (χ3v) is 4.97. The second kappa shape index (κ2) is 7.52. The zero-order chi connectivity index (χ0) is 18.8. The maximum absolute atomic E-state index is 12.4. The Morgan fingerprint density at radius 3 is 2.54 bits per heavy atom. The van der Waals surface area contributed by atoms with Crippen LogP contribution in [0.15, 0.2) is 49.0 Å². The smallest absolute Gasteiger partial charge is 0.258 e. The van der Waals surface area contributed by atoms with E-state index in [9.17, 15) is 9.59 Å². The van der Waals surface area contributed by atoms with E-state index in [-0.39, 0.29) is 30.8 Å².